The molecule has 2 rings (SSSR count). The second-order valence-corrected chi connectivity index (χ2v) is 7.94. The summed E-state index contributed by atoms with van der Waals surface area (Å²) >= 11 is 4.58. The molecule has 0 aromatic carbocycles. The van der Waals surface area contributed by atoms with Gasteiger partial charge in [-0.3, -0.25) is 0 Å². The van der Waals surface area contributed by atoms with Gasteiger partial charge in [-0.2, -0.15) is 0 Å². The predicted octanol–water partition coefficient (Wildman–Crippen LogP) is 1.29. The molecule has 0 bridgehead atoms. The number of halogens is 1. The maximum Gasteiger partial charge on any atom is 0.206 e. The Balaban J connectivity index is 2.01. The normalized spacial score (nSPS) is 25.0. The van der Waals surface area contributed by atoms with Crippen molar-refractivity contribution >= 4 is 42.2 Å². The van der Waals surface area contributed by atoms with E-state index in [1.54, 1.807) is 0 Å². The van der Waals surface area contributed by atoms with Gasteiger partial charge in [0.2, 0.25) is 5.13 Å². The molecule has 5 nitrogen and oxygen atoms in total. The summed E-state index contributed by atoms with van der Waals surface area (Å²) in [5.41, 5.74) is 0. The summed E-state index contributed by atoms with van der Waals surface area (Å²) in [5.74, 6) is 0.509. The van der Waals surface area contributed by atoms with Gasteiger partial charge >= 0.3 is 0 Å². The van der Waals surface area contributed by atoms with Crippen molar-refractivity contribution in [2.45, 2.75) is 18.9 Å². The lowest BCUT2D eigenvalue weighted by atomic mass is 10.2. The van der Waals surface area contributed by atoms with Crippen LogP contribution in [-0.2, 0) is 9.84 Å². The molecule has 1 aliphatic rings. The third-order valence-electron chi connectivity index (χ3n) is 2.19. The summed E-state index contributed by atoms with van der Waals surface area (Å²) in [6.07, 6.45) is 1.59. The van der Waals surface area contributed by atoms with E-state index in [1.807, 2.05) is 0 Å². The molecular weight excluding hydrogens is 302 g/mol. The van der Waals surface area contributed by atoms with E-state index in [1.165, 1.54) is 11.3 Å². The fraction of sp³-hybridized carbons (Fsp3) is 0.714. The Morgan fingerprint density at radius 2 is 2.27 bits per heavy atom. The van der Waals surface area contributed by atoms with Gasteiger partial charge in [-0.25, -0.2) is 8.42 Å². The molecule has 0 aliphatic carbocycles. The van der Waals surface area contributed by atoms with Crippen LogP contribution in [0.3, 0.4) is 0 Å². The molecule has 0 saturated carbocycles. The third kappa shape index (κ3) is 3.12. The zero-order valence-corrected chi connectivity index (χ0v) is 11.0. The van der Waals surface area contributed by atoms with Gasteiger partial charge in [-0.15, -0.1) is 10.2 Å². The zero-order chi connectivity index (χ0) is 10.9. The fourth-order valence-electron chi connectivity index (χ4n) is 1.57. The van der Waals surface area contributed by atoms with Crippen LogP contribution in [-0.4, -0.2) is 36.2 Å². The van der Waals surface area contributed by atoms with E-state index in [0.717, 1.165) is 12.8 Å². The maximum atomic E-state index is 11.4. The van der Waals surface area contributed by atoms with E-state index in [-0.39, 0.29) is 11.8 Å². The molecule has 1 fully saturated rings. The summed E-state index contributed by atoms with van der Waals surface area (Å²) in [5, 5.41) is 11.4. The first-order valence-corrected chi connectivity index (χ1v) is 7.94. The highest BCUT2D eigenvalue weighted by atomic mass is 79.9. The van der Waals surface area contributed by atoms with Crippen molar-refractivity contribution in [3.05, 3.63) is 3.92 Å². The Morgan fingerprint density at radius 3 is 2.87 bits per heavy atom. The molecule has 84 valence electrons. The first kappa shape index (κ1) is 11.3. The molecule has 8 heteroatoms. The lowest BCUT2D eigenvalue weighted by Crippen LogP contribution is -2.34. The van der Waals surface area contributed by atoms with Gasteiger partial charge in [0.25, 0.3) is 0 Å². The average Bonchev–Trinajstić information content (AvgIpc) is 2.49. The van der Waals surface area contributed by atoms with Gasteiger partial charge in [0.1, 0.15) is 0 Å². The topological polar surface area (TPSA) is 72.0 Å². The van der Waals surface area contributed by atoms with E-state index < -0.39 is 9.84 Å². The van der Waals surface area contributed by atoms with Crippen molar-refractivity contribution in [3.8, 4) is 0 Å². The van der Waals surface area contributed by atoms with Gasteiger partial charge in [0, 0.05) is 6.04 Å². The largest absolute Gasteiger partial charge is 0.356 e. The van der Waals surface area contributed by atoms with Gasteiger partial charge in [0.05, 0.1) is 11.5 Å². The SMILES string of the molecule is O=S1(=O)CCCC(Nc2nnc(Br)s2)C1. The molecule has 0 amide bonds. The maximum absolute atomic E-state index is 11.4. The molecule has 1 N–H and O–H groups in total. The van der Waals surface area contributed by atoms with Crippen LogP contribution in [0.1, 0.15) is 12.8 Å². The van der Waals surface area contributed by atoms with E-state index >= 15 is 0 Å². The lowest BCUT2D eigenvalue weighted by molar-refractivity contribution is 0.562. The molecule has 0 spiro atoms. The molecule has 1 unspecified atom stereocenters. The van der Waals surface area contributed by atoms with Crippen molar-refractivity contribution in [2.24, 2.45) is 0 Å². The van der Waals surface area contributed by atoms with Crippen LogP contribution in [0.25, 0.3) is 0 Å². The fourth-order valence-corrected chi connectivity index (χ4v) is 4.30. The highest BCUT2D eigenvalue weighted by Crippen LogP contribution is 2.23. The van der Waals surface area contributed by atoms with E-state index in [0.29, 0.717) is 14.8 Å². The molecule has 0 radical (unpaired) electrons. The standard InChI is InChI=1S/C7H10BrN3O2S2/c8-6-10-11-7(14-6)9-5-2-1-3-15(12,13)4-5/h5H,1-4H2,(H,9,11). The number of rotatable bonds is 2. The minimum absolute atomic E-state index is 0.0244. The number of aromatic nitrogens is 2. The van der Waals surface area contributed by atoms with Crippen LogP contribution >= 0.6 is 27.3 Å². The van der Waals surface area contributed by atoms with Crippen LogP contribution in [0.15, 0.2) is 3.92 Å². The smallest absolute Gasteiger partial charge is 0.206 e. The van der Waals surface area contributed by atoms with Crippen molar-refractivity contribution in [1.29, 1.82) is 0 Å². The first-order chi connectivity index (χ1) is 7.05. The summed E-state index contributed by atoms with van der Waals surface area (Å²) in [4.78, 5) is 0. The average molecular weight is 312 g/mol. The van der Waals surface area contributed by atoms with Crippen LogP contribution in [0.5, 0.6) is 0 Å². The number of nitrogens with one attached hydrogen (secondary N) is 1. The van der Waals surface area contributed by atoms with Gasteiger partial charge in [-0.1, -0.05) is 11.3 Å². The second-order valence-electron chi connectivity index (χ2n) is 3.46. The highest BCUT2D eigenvalue weighted by molar-refractivity contribution is 9.11. The highest BCUT2D eigenvalue weighted by Gasteiger charge is 2.25. The summed E-state index contributed by atoms with van der Waals surface area (Å²) in [6.45, 7) is 0. The van der Waals surface area contributed by atoms with Gasteiger partial charge < -0.3 is 5.32 Å². The summed E-state index contributed by atoms with van der Waals surface area (Å²) in [7, 11) is -2.86. The van der Waals surface area contributed by atoms with Crippen LogP contribution < -0.4 is 5.32 Å². The van der Waals surface area contributed by atoms with Crippen molar-refractivity contribution in [1.82, 2.24) is 10.2 Å². The Kier molecular flexibility index (Phi) is 3.27. The van der Waals surface area contributed by atoms with Crippen LogP contribution in [0.2, 0.25) is 0 Å². The predicted molar refractivity (Wildman–Crippen MR) is 62.9 cm³/mol. The minimum atomic E-state index is -2.86. The molecule has 1 aromatic rings. The van der Waals surface area contributed by atoms with Crippen molar-refractivity contribution < 1.29 is 8.42 Å². The van der Waals surface area contributed by atoms with Crippen molar-refractivity contribution in [3.63, 3.8) is 0 Å². The molecule has 1 aliphatic heterocycles. The number of anilines is 1. The molecule has 2 heterocycles. The first-order valence-electron chi connectivity index (χ1n) is 4.51. The zero-order valence-electron chi connectivity index (χ0n) is 7.81. The molecular formula is C7H10BrN3O2S2. The Hall–Kier alpha value is -0.210. The van der Waals surface area contributed by atoms with Crippen LogP contribution in [0, 0.1) is 0 Å². The monoisotopic (exact) mass is 311 g/mol. The lowest BCUT2D eigenvalue weighted by Gasteiger charge is -2.22. The molecule has 1 saturated heterocycles. The number of hydrogen-bond donors (Lipinski definition) is 1. The summed E-state index contributed by atoms with van der Waals surface area (Å²) < 4.78 is 23.4. The summed E-state index contributed by atoms with van der Waals surface area (Å²) in [6, 6.07) is -0.0244. The number of sulfone groups is 1. The van der Waals surface area contributed by atoms with E-state index in [2.05, 4.69) is 31.4 Å². The molecule has 1 atom stereocenters. The Bertz CT molecular complexity index is 445. The van der Waals surface area contributed by atoms with E-state index in [4.69, 9.17) is 0 Å². The van der Waals surface area contributed by atoms with Gasteiger partial charge in [-0.05, 0) is 28.8 Å². The number of hydrogen-bond acceptors (Lipinski definition) is 6. The molecule has 1 aromatic heterocycles. The Labute approximate surface area is 100 Å². The number of nitrogens with zero attached hydrogens (tertiary/aromatic N) is 2. The Morgan fingerprint density at radius 1 is 1.47 bits per heavy atom. The second kappa shape index (κ2) is 4.34. The van der Waals surface area contributed by atoms with Gasteiger partial charge in [0.15, 0.2) is 13.8 Å². The van der Waals surface area contributed by atoms with E-state index in [9.17, 15) is 8.42 Å². The minimum Gasteiger partial charge on any atom is -0.356 e. The quantitative estimate of drug-likeness (QED) is 0.891. The molecule has 15 heavy (non-hydrogen) atoms. The third-order valence-corrected chi connectivity index (χ3v) is 5.30. The van der Waals surface area contributed by atoms with Crippen LogP contribution in [0.4, 0.5) is 5.13 Å². The van der Waals surface area contributed by atoms with Crippen molar-refractivity contribution in [2.75, 3.05) is 16.8 Å².